The van der Waals surface area contributed by atoms with Crippen molar-refractivity contribution in [1.82, 2.24) is 10.2 Å². The van der Waals surface area contributed by atoms with Gasteiger partial charge in [0.2, 0.25) is 12.3 Å². The van der Waals surface area contributed by atoms with E-state index in [1.165, 1.54) is 12.6 Å². The molecule has 1 N–H and O–H groups in total. The van der Waals surface area contributed by atoms with E-state index in [1.54, 1.807) is 15.9 Å². The third kappa shape index (κ3) is 3.24. The highest BCUT2D eigenvalue weighted by molar-refractivity contribution is 6.27. The van der Waals surface area contributed by atoms with E-state index in [9.17, 15) is 19.2 Å². The summed E-state index contributed by atoms with van der Waals surface area (Å²) >= 11 is 0. The molecule has 2 aliphatic rings. The number of likely N-dealkylation sites (N-methyl/N-ethyl adjacent to an activating group) is 1. The van der Waals surface area contributed by atoms with Crippen molar-refractivity contribution in [2.24, 2.45) is 0 Å². The second-order valence-corrected chi connectivity index (χ2v) is 7.87. The molecule has 1 fully saturated rings. The maximum atomic E-state index is 13.3. The molecule has 0 radical (unpaired) electrons. The van der Waals surface area contributed by atoms with Crippen molar-refractivity contribution in [2.75, 3.05) is 25.0 Å². The van der Waals surface area contributed by atoms with E-state index in [4.69, 9.17) is 0 Å². The predicted octanol–water partition coefficient (Wildman–Crippen LogP) is 2.23. The van der Waals surface area contributed by atoms with Crippen molar-refractivity contribution in [3.05, 3.63) is 41.5 Å². The van der Waals surface area contributed by atoms with Crippen molar-refractivity contribution in [2.45, 2.75) is 37.6 Å². The molecular weight excluding hydrogens is 382 g/mol. The molecule has 0 spiro atoms. The zero-order valence-electron chi connectivity index (χ0n) is 17.0. The number of carbonyl (C=O) groups excluding carboxylic acids is 4. The molecule has 7 heteroatoms. The van der Waals surface area contributed by atoms with Gasteiger partial charge in [-0.05, 0) is 48.3 Å². The van der Waals surface area contributed by atoms with Crippen LogP contribution in [0.15, 0.2) is 30.3 Å². The predicted molar refractivity (Wildman–Crippen MR) is 114 cm³/mol. The molecule has 2 aromatic carbocycles. The maximum Gasteiger partial charge on any atom is 0.259 e. The SMILES string of the molecule is CNC(=O)C(CCC=O)N1C(=O)c2cccc3c(C4CCN(C=O)CC4)ccc1c23. The number of nitrogens with one attached hydrogen (secondary N) is 1. The van der Waals surface area contributed by atoms with Gasteiger partial charge in [-0.3, -0.25) is 19.3 Å². The number of amides is 3. The average Bonchev–Trinajstić information content (AvgIpc) is 3.07. The Morgan fingerprint density at radius 1 is 1.20 bits per heavy atom. The Morgan fingerprint density at radius 3 is 2.63 bits per heavy atom. The van der Waals surface area contributed by atoms with Gasteiger partial charge in [-0.25, -0.2) is 0 Å². The number of hydrogen-bond acceptors (Lipinski definition) is 4. The molecule has 1 unspecified atom stereocenters. The lowest BCUT2D eigenvalue weighted by Gasteiger charge is -2.30. The Morgan fingerprint density at radius 2 is 1.97 bits per heavy atom. The molecule has 1 atom stereocenters. The minimum absolute atomic E-state index is 0.203. The molecule has 4 rings (SSSR count). The number of benzene rings is 2. The first-order chi connectivity index (χ1) is 14.6. The summed E-state index contributed by atoms with van der Waals surface area (Å²) < 4.78 is 0. The van der Waals surface area contributed by atoms with Crippen LogP contribution in [0.4, 0.5) is 5.69 Å². The van der Waals surface area contributed by atoms with Crippen LogP contribution >= 0.6 is 0 Å². The Balaban J connectivity index is 1.77. The summed E-state index contributed by atoms with van der Waals surface area (Å²) in [6, 6.07) is 8.95. The van der Waals surface area contributed by atoms with E-state index in [0.717, 1.165) is 55.1 Å². The number of piperidine rings is 1. The van der Waals surface area contributed by atoms with Crippen molar-refractivity contribution >= 4 is 41.0 Å². The molecule has 0 aliphatic carbocycles. The summed E-state index contributed by atoms with van der Waals surface area (Å²) in [6.45, 7) is 1.46. The third-order valence-corrected chi connectivity index (χ3v) is 6.30. The minimum Gasteiger partial charge on any atom is -0.357 e. The van der Waals surface area contributed by atoms with Crippen molar-refractivity contribution in [3.8, 4) is 0 Å². The second-order valence-electron chi connectivity index (χ2n) is 7.87. The highest BCUT2D eigenvalue weighted by Gasteiger charge is 2.38. The fourth-order valence-electron chi connectivity index (χ4n) is 4.78. The van der Waals surface area contributed by atoms with E-state index in [1.807, 2.05) is 18.2 Å². The number of nitrogens with zero attached hydrogens (tertiary/aromatic N) is 2. The lowest BCUT2D eigenvalue weighted by atomic mass is 9.85. The van der Waals surface area contributed by atoms with Gasteiger partial charge in [0.25, 0.3) is 5.91 Å². The summed E-state index contributed by atoms with van der Waals surface area (Å²) in [5, 5.41) is 4.52. The third-order valence-electron chi connectivity index (χ3n) is 6.30. The fourth-order valence-corrected chi connectivity index (χ4v) is 4.78. The molecule has 2 aliphatic heterocycles. The van der Waals surface area contributed by atoms with Crippen LogP contribution in [-0.4, -0.2) is 55.6 Å². The molecule has 0 aromatic heterocycles. The van der Waals surface area contributed by atoms with Gasteiger partial charge in [0.05, 0.1) is 5.69 Å². The summed E-state index contributed by atoms with van der Waals surface area (Å²) in [6.07, 6.45) is 3.92. The van der Waals surface area contributed by atoms with Gasteiger partial charge >= 0.3 is 0 Å². The van der Waals surface area contributed by atoms with Crippen molar-refractivity contribution < 1.29 is 19.2 Å². The number of rotatable bonds is 7. The van der Waals surface area contributed by atoms with Gasteiger partial charge in [-0.2, -0.15) is 0 Å². The Labute approximate surface area is 175 Å². The fraction of sp³-hybridized carbons (Fsp3) is 0.391. The van der Waals surface area contributed by atoms with Crippen LogP contribution in [0.25, 0.3) is 10.8 Å². The second kappa shape index (κ2) is 8.26. The lowest BCUT2D eigenvalue weighted by molar-refractivity contribution is -0.122. The highest BCUT2D eigenvalue weighted by Crippen LogP contribution is 2.43. The standard InChI is InChI=1S/C23H25N3O4/c1-24-22(29)20(6-3-13-27)26-19-8-7-16(15-9-11-25(14-28)12-10-15)17-4-2-5-18(21(17)19)23(26)30/h2,4-5,7-8,13-15,20H,3,6,9-12H2,1H3,(H,24,29). The molecule has 2 aromatic rings. The molecule has 1 saturated heterocycles. The van der Waals surface area contributed by atoms with E-state index in [0.29, 0.717) is 11.5 Å². The summed E-state index contributed by atoms with van der Waals surface area (Å²) in [5.41, 5.74) is 2.49. The molecule has 7 nitrogen and oxygen atoms in total. The lowest BCUT2D eigenvalue weighted by Crippen LogP contribution is -2.47. The zero-order chi connectivity index (χ0) is 21.3. The minimum atomic E-state index is -0.731. The van der Waals surface area contributed by atoms with E-state index in [-0.39, 0.29) is 24.7 Å². The Hall–Kier alpha value is -3.22. The van der Waals surface area contributed by atoms with Gasteiger partial charge in [0, 0.05) is 37.5 Å². The van der Waals surface area contributed by atoms with Crippen LogP contribution in [0.2, 0.25) is 0 Å². The number of hydrogen-bond donors (Lipinski definition) is 1. The Bertz CT molecular complexity index is 1010. The molecule has 30 heavy (non-hydrogen) atoms. The van der Waals surface area contributed by atoms with Gasteiger partial charge < -0.3 is 15.0 Å². The number of likely N-dealkylation sites (tertiary alicyclic amines) is 1. The summed E-state index contributed by atoms with van der Waals surface area (Å²) in [4.78, 5) is 51.1. The first-order valence-corrected chi connectivity index (χ1v) is 10.3. The van der Waals surface area contributed by atoms with Crippen molar-refractivity contribution in [3.63, 3.8) is 0 Å². The molecular formula is C23H25N3O4. The van der Waals surface area contributed by atoms with Crippen LogP contribution in [0.3, 0.4) is 0 Å². The van der Waals surface area contributed by atoms with Crippen molar-refractivity contribution in [1.29, 1.82) is 0 Å². The monoisotopic (exact) mass is 407 g/mol. The van der Waals surface area contributed by atoms with Crippen LogP contribution in [0.1, 0.15) is 47.5 Å². The number of carbonyl (C=O) groups is 4. The average molecular weight is 407 g/mol. The summed E-state index contributed by atoms with van der Waals surface area (Å²) in [5.74, 6) is -0.168. The molecule has 2 heterocycles. The molecule has 0 bridgehead atoms. The van der Waals surface area contributed by atoms with Gasteiger partial charge in [-0.15, -0.1) is 0 Å². The highest BCUT2D eigenvalue weighted by atomic mass is 16.2. The van der Waals surface area contributed by atoms with Crippen LogP contribution < -0.4 is 10.2 Å². The smallest absolute Gasteiger partial charge is 0.259 e. The van der Waals surface area contributed by atoms with E-state index < -0.39 is 6.04 Å². The van der Waals surface area contributed by atoms with E-state index in [2.05, 4.69) is 11.4 Å². The molecule has 156 valence electrons. The number of aldehydes is 1. The van der Waals surface area contributed by atoms with E-state index >= 15 is 0 Å². The van der Waals surface area contributed by atoms with Crippen LogP contribution in [0.5, 0.6) is 0 Å². The first-order valence-electron chi connectivity index (χ1n) is 10.3. The topological polar surface area (TPSA) is 86.8 Å². The van der Waals surface area contributed by atoms with Gasteiger partial charge in [0.15, 0.2) is 0 Å². The maximum absolute atomic E-state index is 13.3. The van der Waals surface area contributed by atoms with Crippen LogP contribution in [-0.2, 0) is 14.4 Å². The zero-order valence-corrected chi connectivity index (χ0v) is 17.0. The normalized spacial score (nSPS) is 17.3. The first kappa shape index (κ1) is 20.1. The summed E-state index contributed by atoms with van der Waals surface area (Å²) in [7, 11) is 1.54. The Kier molecular flexibility index (Phi) is 5.53. The number of anilines is 1. The van der Waals surface area contributed by atoms with Gasteiger partial charge in [-0.1, -0.05) is 18.2 Å². The molecule has 0 saturated carbocycles. The quantitative estimate of drug-likeness (QED) is 0.713. The largest absolute Gasteiger partial charge is 0.357 e. The molecule has 3 amide bonds. The van der Waals surface area contributed by atoms with Crippen LogP contribution in [0, 0.1) is 0 Å². The van der Waals surface area contributed by atoms with Gasteiger partial charge in [0.1, 0.15) is 12.3 Å².